The van der Waals surface area contributed by atoms with E-state index in [2.05, 4.69) is 20.6 Å². The molecule has 0 aliphatic carbocycles. The van der Waals surface area contributed by atoms with Crippen LogP contribution < -0.4 is 20.1 Å². The molecular formula is C21H29FN4O3. The molecule has 0 fully saturated rings. The number of rotatable bonds is 11. The number of guanidine groups is 1. The summed E-state index contributed by atoms with van der Waals surface area (Å²) in [5.74, 6) is 1.37. The maximum atomic E-state index is 13.3. The number of nitrogens with zero attached hydrogens (tertiary/aromatic N) is 2. The van der Waals surface area contributed by atoms with E-state index in [0.717, 1.165) is 12.1 Å². The van der Waals surface area contributed by atoms with Gasteiger partial charge in [-0.15, -0.1) is 0 Å². The number of aromatic nitrogens is 1. The predicted octanol–water partition coefficient (Wildman–Crippen LogP) is 2.77. The normalized spacial score (nSPS) is 12.3. The maximum absolute atomic E-state index is 13.3. The molecule has 8 heteroatoms. The van der Waals surface area contributed by atoms with Crippen LogP contribution >= 0.6 is 0 Å². The van der Waals surface area contributed by atoms with E-state index in [1.54, 1.807) is 25.4 Å². The Bertz CT molecular complexity index is 773. The summed E-state index contributed by atoms with van der Waals surface area (Å²) < 4.78 is 29.7. The Morgan fingerprint density at radius 3 is 2.83 bits per heavy atom. The van der Waals surface area contributed by atoms with Gasteiger partial charge in [0.25, 0.3) is 0 Å². The number of halogens is 1. The van der Waals surface area contributed by atoms with Crippen molar-refractivity contribution >= 4 is 5.96 Å². The van der Waals surface area contributed by atoms with Crippen LogP contribution in [0.3, 0.4) is 0 Å². The van der Waals surface area contributed by atoms with Crippen molar-refractivity contribution in [3.63, 3.8) is 0 Å². The minimum atomic E-state index is -0.322. The highest BCUT2D eigenvalue weighted by atomic mass is 19.1. The summed E-state index contributed by atoms with van der Waals surface area (Å²) in [4.78, 5) is 8.86. The van der Waals surface area contributed by atoms with Crippen molar-refractivity contribution in [2.75, 3.05) is 33.4 Å². The summed E-state index contributed by atoms with van der Waals surface area (Å²) in [7, 11) is 1.63. The van der Waals surface area contributed by atoms with Crippen LogP contribution in [0.15, 0.2) is 47.6 Å². The van der Waals surface area contributed by atoms with Gasteiger partial charge in [-0.05, 0) is 32.0 Å². The Labute approximate surface area is 171 Å². The number of ether oxygens (including phenoxy) is 3. The topological polar surface area (TPSA) is 77.0 Å². The lowest BCUT2D eigenvalue weighted by atomic mass is 10.3. The average molecular weight is 404 g/mol. The van der Waals surface area contributed by atoms with E-state index in [9.17, 15) is 4.39 Å². The minimum Gasteiger partial charge on any atom is -0.489 e. The molecule has 7 nitrogen and oxygen atoms in total. The highest BCUT2D eigenvalue weighted by Gasteiger charge is 2.08. The van der Waals surface area contributed by atoms with E-state index in [1.807, 2.05) is 26.0 Å². The van der Waals surface area contributed by atoms with Crippen molar-refractivity contribution in [2.45, 2.75) is 26.5 Å². The fourth-order valence-corrected chi connectivity index (χ4v) is 2.46. The number of aliphatic imine (C=N–C) groups is 1. The van der Waals surface area contributed by atoms with E-state index < -0.39 is 0 Å². The highest BCUT2D eigenvalue weighted by molar-refractivity contribution is 5.79. The molecule has 1 aromatic carbocycles. The van der Waals surface area contributed by atoms with Crippen molar-refractivity contribution in [2.24, 2.45) is 4.99 Å². The summed E-state index contributed by atoms with van der Waals surface area (Å²) >= 11 is 0. The SMILES string of the molecule is CCNC(=NCc1cccnc1OCCOC)NCC(C)Oc1cccc(F)c1. The lowest BCUT2D eigenvalue weighted by Gasteiger charge is -2.18. The van der Waals surface area contributed by atoms with Gasteiger partial charge in [-0.25, -0.2) is 14.4 Å². The Hall–Kier alpha value is -2.87. The largest absolute Gasteiger partial charge is 0.489 e. The molecule has 0 aliphatic heterocycles. The molecule has 0 spiro atoms. The predicted molar refractivity (Wildman–Crippen MR) is 111 cm³/mol. The summed E-state index contributed by atoms with van der Waals surface area (Å²) in [5.41, 5.74) is 0.880. The number of pyridine rings is 1. The van der Waals surface area contributed by atoms with Gasteiger partial charge in [-0.2, -0.15) is 0 Å². The van der Waals surface area contributed by atoms with Crippen LogP contribution in [0.25, 0.3) is 0 Å². The molecule has 2 rings (SSSR count). The molecule has 158 valence electrons. The second-order valence-electron chi connectivity index (χ2n) is 6.27. The smallest absolute Gasteiger partial charge is 0.218 e. The molecule has 1 unspecified atom stereocenters. The lowest BCUT2D eigenvalue weighted by molar-refractivity contribution is 0.143. The van der Waals surface area contributed by atoms with Gasteiger partial charge >= 0.3 is 0 Å². The van der Waals surface area contributed by atoms with Crippen LogP contribution in [0.2, 0.25) is 0 Å². The second-order valence-corrected chi connectivity index (χ2v) is 6.27. The third-order valence-corrected chi connectivity index (χ3v) is 3.82. The molecule has 2 aromatic rings. The van der Waals surface area contributed by atoms with E-state index in [0.29, 0.717) is 43.9 Å². The van der Waals surface area contributed by atoms with Crippen molar-refractivity contribution in [1.29, 1.82) is 0 Å². The van der Waals surface area contributed by atoms with E-state index in [4.69, 9.17) is 14.2 Å². The van der Waals surface area contributed by atoms with Gasteiger partial charge in [0.05, 0.1) is 19.7 Å². The van der Waals surface area contributed by atoms with Crippen LogP contribution in [-0.2, 0) is 11.3 Å². The number of hydrogen-bond acceptors (Lipinski definition) is 5. The molecule has 0 saturated heterocycles. The van der Waals surface area contributed by atoms with Crippen molar-refractivity contribution < 1.29 is 18.6 Å². The van der Waals surface area contributed by atoms with Gasteiger partial charge in [0.15, 0.2) is 5.96 Å². The Morgan fingerprint density at radius 2 is 2.07 bits per heavy atom. The number of hydrogen-bond donors (Lipinski definition) is 2. The molecule has 0 saturated carbocycles. The quantitative estimate of drug-likeness (QED) is 0.341. The van der Waals surface area contributed by atoms with Gasteiger partial charge in [0.1, 0.15) is 24.3 Å². The first-order chi connectivity index (χ1) is 14.1. The maximum Gasteiger partial charge on any atom is 0.218 e. The number of benzene rings is 1. The van der Waals surface area contributed by atoms with Crippen molar-refractivity contribution in [3.05, 3.63) is 54.0 Å². The Balaban J connectivity index is 1.92. The molecule has 0 amide bonds. The lowest BCUT2D eigenvalue weighted by Crippen LogP contribution is -2.41. The molecule has 29 heavy (non-hydrogen) atoms. The second kappa shape index (κ2) is 12.6. The fraction of sp³-hybridized carbons (Fsp3) is 0.429. The third kappa shape index (κ3) is 8.35. The first-order valence-electron chi connectivity index (χ1n) is 9.62. The summed E-state index contributed by atoms with van der Waals surface area (Å²) in [6.07, 6.45) is 1.51. The summed E-state index contributed by atoms with van der Waals surface area (Å²) in [5, 5.41) is 6.43. The standard InChI is InChI=1S/C21H29FN4O3/c1-4-23-21(25-14-16(2)29-19-9-5-8-18(22)13-19)26-15-17-7-6-10-24-20(17)28-12-11-27-3/h5-10,13,16H,4,11-12,14-15H2,1-3H3,(H2,23,25,26). The van der Waals surface area contributed by atoms with Crippen molar-refractivity contribution in [3.8, 4) is 11.6 Å². The summed E-state index contributed by atoms with van der Waals surface area (Å²) in [6, 6.07) is 9.88. The molecule has 0 aliphatic rings. The number of methoxy groups -OCH3 is 1. The highest BCUT2D eigenvalue weighted by Crippen LogP contribution is 2.15. The van der Waals surface area contributed by atoms with Crippen LogP contribution in [0.1, 0.15) is 19.4 Å². The molecule has 0 bridgehead atoms. The third-order valence-electron chi connectivity index (χ3n) is 3.82. The van der Waals surface area contributed by atoms with Crippen molar-refractivity contribution in [1.82, 2.24) is 15.6 Å². The van der Waals surface area contributed by atoms with Crippen LogP contribution in [0.4, 0.5) is 4.39 Å². The van der Waals surface area contributed by atoms with E-state index >= 15 is 0 Å². The van der Waals surface area contributed by atoms with E-state index in [1.165, 1.54) is 12.1 Å². The van der Waals surface area contributed by atoms with Gasteiger partial charge in [0.2, 0.25) is 5.88 Å². The zero-order valence-electron chi connectivity index (χ0n) is 17.2. The fourth-order valence-electron chi connectivity index (χ4n) is 2.46. The molecule has 1 aromatic heterocycles. The monoisotopic (exact) mass is 404 g/mol. The summed E-state index contributed by atoms with van der Waals surface area (Å²) in [6.45, 7) is 6.45. The molecule has 2 N–H and O–H groups in total. The molecular weight excluding hydrogens is 375 g/mol. The zero-order chi connectivity index (χ0) is 20.9. The Morgan fingerprint density at radius 1 is 1.21 bits per heavy atom. The minimum absolute atomic E-state index is 0.174. The van der Waals surface area contributed by atoms with Crippen LogP contribution in [0.5, 0.6) is 11.6 Å². The van der Waals surface area contributed by atoms with Crippen LogP contribution in [-0.4, -0.2) is 50.5 Å². The van der Waals surface area contributed by atoms with Crippen LogP contribution in [0, 0.1) is 5.82 Å². The first kappa shape index (κ1) is 22.4. The first-order valence-corrected chi connectivity index (χ1v) is 9.62. The van der Waals surface area contributed by atoms with Gasteiger partial charge in [-0.3, -0.25) is 0 Å². The Kier molecular flexibility index (Phi) is 9.71. The van der Waals surface area contributed by atoms with Gasteiger partial charge in [0, 0.05) is 31.5 Å². The average Bonchev–Trinajstić information content (AvgIpc) is 2.71. The van der Waals surface area contributed by atoms with E-state index in [-0.39, 0.29) is 11.9 Å². The molecule has 1 atom stereocenters. The number of nitrogens with one attached hydrogen (secondary N) is 2. The zero-order valence-corrected chi connectivity index (χ0v) is 17.2. The molecule has 0 radical (unpaired) electrons. The van der Waals surface area contributed by atoms with Gasteiger partial charge < -0.3 is 24.8 Å². The molecule has 1 heterocycles. The van der Waals surface area contributed by atoms with Gasteiger partial charge in [-0.1, -0.05) is 12.1 Å².